The van der Waals surface area contributed by atoms with Gasteiger partial charge in [-0.2, -0.15) is 5.10 Å². The molecule has 0 fully saturated rings. The van der Waals surface area contributed by atoms with Gasteiger partial charge >= 0.3 is 5.97 Å². The first-order valence-electron chi connectivity index (χ1n) is 4.91. The Kier molecular flexibility index (Phi) is 4.24. The van der Waals surface area contributed by atoms with Gasteiger partial charge in [0.25, 0.3) is 0 Å². The third-order valence-electron chi connectivity index (χ3n) is 1.96. The molecule has 0 spiro atoms. The summed E-state index contributed by atoms with van der Waals surface area (Å²) in [7, 11) is -3.33. The van der Waals surface area contributed by atoms with Crippen molar-refractivity contribution in [3.05, 3.63) is 12.4 Å². The van der Waals surface area contributed by atoms with E-state index >= 15 is 0 Å². The highest BCUT2D eigenvalue weighted by atomic mass is 32.2. The lowest BCUT2D eigenvalue weighted by Crippen LogP contribution is -2.28. The van der Waals surface area contributed by atoms with E-state index in [0.717, 1.165) is 12.5 Å². The van der Waals surface area contributed by atoms with Gasteiger partial charge in [-0.05, 0) is 6.92 Å². The molecule has 0 aliphatic carbocycles. The van der Waals surface area contributed by atoms with E-state index in [2.05, 4.69) is 9.84 Å². The third-order valence-corrected chi connectivity index (χ3v) is 3.02. The SMILES string of the molecule is CCOC(=O)C(O)Cn1cc(S(C)(=O)=O)cn1. The normalized spacial score (nSPS) is 13.4. The Labute approximate surface area is 98.9 Å². The van der Waals surface area contributed by atoms with Crippen LogP contribution in [0.1, 0.15) is 6.92 Å². The predicted molar refractivity (Wildman–Crippen MR) is 58.0 cm³/mol. The van der Waals surface area contributed by atoms with Gasteiger partial charge < -0.3 is 9.84 Å². The molecule has 1 N–H and O–H groups in total. The summed E-state index contributed by atoms with van der Waals surface area (Å²) in [5.74, 6) is -0.760. The number of aliphatic hydroxyl groups excluding tert-OH is 1. The third kappa shape index (κ3) is 3.82. The van der Waals surface area contributed by atoms with Crippen LogP contribution in [0.3, 0.4) is 0 Å². The summed E-state index contributed by atoms with van der Waals surface area (Å²) in [4.78, 5) is 11.2. The molecule has 1 unspecified atom stereocenters. The van der Waals surface area contributed by atoms with E-state index in [9.17, 15) is 18.3 Å². The Morgan fingerprint density at radius 2 is 2.29 bits per heavy atom. The van der Waals surface area contributed by atoms with Gasteiger partial charge in [0, 0.05) is 12.5 Å². The van der Waals surface area contributed by atoms with Crippen molar-refractivity contribution in [1.29, 1.82) is 0 Å². The first kappa shape index (κ1) is 13.7. The lowest BCUT2D eigenvalue weighted by atomic mass is 10.3. The van der Waals surface area contributed by atoms with Crippen LogP contribution in [0.4, 0.5) is 0 Å². The highest BCUT2D eigenvalue weighted by Crippen LogP contribution is 2.07. The molecule has 0 amide bonds. The average molecular weight is 262 g/mol. The molecule has 96 valence electrons. The van der Waals surface area contributed by atoms with Crippen molar-refractivity contribution in [3.63, 3.8) is 0 Å². The fourth-order valence-electron chi connectivity index (χ4n) is 1.13. The topological polar surface area (TPSA) is 98.5 Å². The van der Waals surface area contributed by atoms with E-state index in [1.807, 2.05) is 0 Å². The number of aromatic nitrogens is 2. The minimum absolute atomic E-state index is 0.0357. The second-order valence-electron chi connectivity index (χ2n) is 3.44. The molecule has 17 heavy (non-hydrogen) atoms. The van der Waals surface area contributed by atoms with E-state index in [1.54, 1.807) is 6.92 Å². The van der Waals surface area contributed by atoms with Crippen LogP contribution in [0.25, 0.3) is 0 Å². The number of carbonyl (C=O) groups excluding carboxylic acids is 1. The summed E-state index contributed by atoms with van der Waals surface area (Å²) in [6, 6.07) is 0. The Hall–Kier alpha value is -1.41. The fourth-order valence-corrected chi connectivity index (χ4v) is 1.68. The maximum absolute atomic E-state index is 11.2. The van der Waals surface area contributed by atoms with E-state index in [4.69, 9.17) is 0 Å². The molecule has 1 aromatic heterocycles. The zero-order valence-electron chi connectivity index (χ0n) is 9.53. The average Bonchev–Trinajstić information content (AvgIpc) is 2.66. The van der Waals surface area contributed by atoms with E-state index in [-0.39, 0.29) is 18.0 Å². The first-order valence-corrected chi connectivity index (χ1v) is 6.81. The highest BCUT2D eigenvalue weighted by molar-refractivity contribution is 7.90. The van der Waals surface area contributed by atoms with Crippen molar-refractivity contribution >= 4 is 15.8 Å². The molecule has 1 aromatic rings. The predicted octanol–water partition coefficient (Wildman–Crippen LogP) is -0.789. The number of hydrogen-bond acceptors (Lipinski definition) is 6. The minimum atomic E-state index is -3.33. The van der Waals surface area contributed by atoms with Gasteiger partial charge in [-0.1, -0.05) is 0 Å². The monoisotopic (exact) mass is 262 g/mol. The molecule has 0 saturated heterocycles. The second kappa shape index (κ2) is 5.28. The number of nitrogens with zero attached hydrogens (tertiary/aromatic N) is 2. The van der Waals surface area contributed by atoms with Crippen LogP contribution in [0.5, 0.6) is 0 Å². The van der Waals surface area contributed by atoms with Crippen molar-refractivity contribution in [2.45, 2.75) is 24.5 Å². The van der Waals surface area contributed by atoms with E-state index < -0.39 is 21.9 Å². The summed E-state index contributed by atoms with van der Waals surface area (Å²) in [6.45, 7) is 1.65. The summed E-state index contributed by atoms with van der Waals surface area (Å²) < 4.78 is 28.1. The molecule has 1 atom stereocenters. The van der Waals surface area contributed by atoms with Crippen LogP contribution in [0, 0.1) is 0 Å². The Morgan fingerprint density at radius 3 is 2.76 bits per heavy atom. The van der Waals surface area contributed by atoms with E-state index in [1.165, 1.54) is 10.9 Å². The number of sulfone groups is 1. The Bertz CT molecular complexity index is 493. The van der Waals surface area contributed by atoms with Crippen molar-refractivity contribution in [3.8, 4) is 0 Å². The van der Waals surface area contributed by atoms with Crippen molar-refractivity contribution < 1.29 is 23.1 Å². The zero-order chi connectivity index (χ0) is 13.1. The molecule has 1 heterocycles. The standard InChI is InChI=1S/C9H14N2O5S/c1-3-16-9(13)8(12)6-11-5-7(4-10-11)17(2,14)15/h4-5,8,12H,3,6H2,1-2H3. The molecule has 0 aliphatic rings. The quantitative estimate of drug-likeness (QED) is 0.698. The van der Waals surface area contributed by atoms with Gasteiger partial charge in [-0.25, -0.2) is 13.2 Å². The van der Waals surface area contributed by atoms with Crippen molar-refractivity contribution in [2.24, 2.45) is 0 Å². The maximum atomic E-state index is 11.2. The van der Waals surface area contributed by atoms with Gasteiger partial charge in [0.2, 0.25) is 0 Å². The first-order chi connectivity index (χ1) is 7.84. The summed E-state index contributed by atoms with van der Waals surface area (Å²) in [5, 5.41) is 13.2. The van der Waals surface area contributed by atoms with Crippen molar-refractivity contribution in [2.75, 3.05) is 12.9 Å². The summed E-state index contributed by atoms with van der Waals surface area (Å²) >= 11 is 0. The molecular weight excluding hydrogens is 248 g/mol. The zero-order valence-corrected chi connectivity index (χ0v) is 10.3. The van der Waals surface area contributed by atoms with Crippen LogP contribution >= 0.6 is 0 Å². The van der Waals surface area contributed by atoms with E-state index in [0.29, 0.717) is 0 Å². The Morgan fingerprint density at radius 1 is 1.65 bits per heavy atom. The number of esters is 1. The summed E-state index contributed by atoms with van der Waals surface area (Å²) in [6.07, 6.45) is 2.10. The molecule has 8 heteroatoms. The number of hydrogen-bond donors (Lipinski definition) is 1. The Balaban J connectivity index is 2.70. The molecular formula is C9H14N2O5S. The number of rotatable bonds is 5. The van der Waals surface area contributed by atoms with Gasteiger partial charge in [0.05, 0.1) is 19.3 Å². The van der Waals surface area contributed by atoms with Crippen LogP contribution in [-0.2, 0) is 25.9 Å². The van der Waals surface area contributed by atoms with Crippen LogP contribution in [-0.4, -0.2) is 48.2 Å². The highest BCUT2D eigenvalue weighted by Gasteiger charge is 2.18. The number of carbonyl (C=O) groups is 1. The fraction of sp³-hybridized carbons (Fsp3) is 0.556. The lowest BCUT2D eigenvalue weighted by Gasteiger charge is -2.09. The van der Waals surface area contributed by atoms with Gasteiger partial charge in [0.15, 0.2) is 15.9 Å². The van der Waals surface area contributed by atoms with Crippen LogP contribution in [0.2, 0.25) is 0 Å². The number of aliphatic hydroxyl groups is 1. The summed E-state index contributed by atoms with van der Waals surface area (Å²) in [5.41, 5.74) is 0. The largest absolute Gasteiger partial charge is 0.464 e. The van der Waals surface area contributed by atoms with Crippen LogP contribution < -0.4 is 0 Å². The molecule has 1 rings (SSSR count). The molecule has 0 radical (unpaired) electrons. The lowest BCUT2D eigenvalue weighted by molar-refractivity contribution is -0.153. The molecule has 0 aromatic carbocycles. The molecule has 0 aliphatic heterocycles. The minimum Gasteiger partial charge on any atom is -0.464 e. The molecule has 7 nitrogen and oxygen atoms in total. The van der Waals surface area contributed by atoms with Gasteiger partial charge in [0.1, 0.15) is 4.90 Å². The smallest absolute Gasteiger partial charge is 0.336 e. The number of ether oxygens (including phenoxy) is 1. The van der Waals surface area contributed by atoms with Gasteiger partial charge in [-0.3, -0.25) is 4.68 Å². The van der Waals surface area contributed by atoms with Crippen LogP contribution in [0.15, 0.2) is 17.3 Å². The molecule has 0 saturated carbocycles. The van der Waals surface area contributed by atoms with Gasteiger partial charge in [-0.15, -0.1) is 0 Å². The van der Waals surface area contributed by atoms with Crippen molar-refractivity contribution in [1.82, 2.24) is 9.78 Å². The second-order valence-corrected chi connectivity index (χ2v) is 5.45. The maximum Gasteiger partial charge on any atom is 0.336 e. The molecule has 0 bridgehead atoms.